The third-order valence-electron chi connectivity index (χ3n) is 7.35. The summed E-state index contributed by atoms with van der Waals surface area (Å²) in [6.45, 7) is 4.65. The van der Waals surface area contributed by atoms with Crippen LogP contribution in [0.5, 0.6) is 0 Å². The Hall–Kier alpha value is -2.44. The van der Waals surface area contributed by atoms with Gasteiger partial charge in [-0.25, -0.2) is 4.98 Å². The fourth-order valence-corrected chi connectivity index (χ4v) is 6.36. The minimum absolute atomic E-state index is 0.0771. The lowest BCUT2D eigenvalue weighted by molar-refractivity contribution is 0.0940. The standard InChI is InChI=1S/C27H31N3O2S/c1-18(31)27-29-24-17-30(15-12-26(24)33-27)14-11-19-7-9-20(10-8-19)16-25(32)22-4-2-6-23-21(22)5-3-13-28-23/h2-6,13,19-20H,7-12,14-17H2,1H3. The average Bonchev–Trinajstić information content (AvgIpc) is 3.27. The highest BCUT2D eigenvalue weighted by atomic mass is 32.1. The van der Waals surface area contributed by atoms with Crippen LogP contribution < -0.4 is 0 Å². The molecule has 0 bridgehead atoms. The number of carbonyl (C=O) groups excluding carboxylic acids is 2. The van der Waals surface area contributed by atoms with E-state index in [-0.39, 0.29) is 11.6 Å². The van der Waals surface area contributed by atoms with Crippen LogP contribution in [0.3, 0.4) is 0 Å². The number of rotatable bonds is 7. The van der Waals surface area contributed by atoms with Gasteiger partial charge in [0.05, 0.1) is 11.2 Å². The van der Waals surface area contributed by atoms with Crippen LogP contribution >= 0.6 is 11.3 Å². The van der Waals surface area contributed by atoms with E-state index in [9.17, 15) is 9.59 Å². The van der Waals surface area contributed by atoms with Crippen LogP contribution in [0, 0.1) is 11.8 Å². The van der Waals surface area contributed by atoms with Crippen molar-refractivity contribution in [3.8, 4) is 0 Å². The van der Waals surface area contributed by atoms with Crippen molar-refractivity contribution in [3.05, 3.63) is 57.7 Å². The van der Waals surface area contributed by atoms with Gasteiger partial charge in [0.25, 0.3) is 0 Å². The average molecular weight is 462 g/mol. The van der Waals surface area contributed by atoms with E-state index in [4.69, 9.17) is 0 Å². The molecule has 3 aromatic rings. The maximum Gasteiger partial charge on any atom is 0.188 e. The lowest BCUT2D eigenvalue weighted by Crippen LogP contribution is -2.32. The molecule has 1 fully saturated rings. The minimum Gasteiger partial charge on any atom is -0.297 e. The van der Waals surface area contributed by atoms with Crippen LogP contribution in [0.15, 0.2) is 36.5 Å². The fourth-order valence-electron chi connectivity index (χ4n) is 5.40. The maximum atomic E-state index is 13.0. The Labute approximate surface area is 199 Å². The molecule has 2 aromatic heterocycles. The summed E-state index contributed by atoms with van der Waals surface area (Å²) in [6.07, 6.45) is 9.40. The number of Topliss-reactive ketones (excluding diaryl/α,β-unsaturated/α-hetero) is 2. The van der Waals surface area contributed by atoms with Crippen molar-refractivity contribution in [1.82, 2.24) is 14.9 Å². The molecular weight excluding hydrogens is 430 g/mol. The van der Waals surface area contributed by atoms with Crippen molar-refractivity contribution in [1.29, 1.82) is 0 Å². The number of fused-ring (bicyclic) bond motifs is 2. The van der Waals surface area contributed by atoms with Crippen molar-refractivity contribution in [2.45, 2.75) is 58.4 Å². The predicted molar refractivity (Wildman–Crippen MR) is 132 cm³/mol. The lowest BCUT2D eigenvalue weighted by Gasteiger charge is -2.31. The highest BCUT2D eigenvalue weighted by molar-refractivity contribution is 7.13. The highest BCUT2D eigenvalue weighted by Gasteiger charge is 2.26. The van der Waals surface area contributed by atoms with Gasteiger partial charge >= 0.3 is 0 Å². The molecule has 5 nitrogen and oxygen atoms in total. The van der Waals surface area contributed by atoms with E-state index in [1.165, 1.54) is 24.1 Å². The molecule has 0 saturated heterocycles. The fraction of sp³-hybridized carbons (Fsp3) is 0.481. The minimum atomic E-state index is 0.0771. The number of thiazole rings is 1. The van der Waals surface area contributed by atoms with Gasteiger partial charge < -0.3 is 0 Å². The van der Waals surface area contributed by atoms with Crippen molar-refractivity contribution >= 4 is 33.8 Å². The van der Waals surface area contributed by atoms with Crippen LogP contribution in [0.25, 0.3) is 10.9 Å². The first-order valence-electron chi connectivity index (χ1n) is 12.2. The van der Waals surface area contributed by atoms with Gasteiger partial charge in [0.1, 0.15) is 0 Å². The Balaban J connectivity index is 1.09. The number of carbonyl (C=O) groups is 2. The summed E-state index contributed by atoms with van der Waals surface area (Å²) in [7, 11) is 0. The molecule has 0 spiro atoms. The summed E-state index contributed by atoms with van der Waals surface area (Å²) in [5.74, 6) is 1.59. The Morgan fingerprint density at radius 3 is 2.73 bits per heavy atom. The zero-order valence-corrected chi connectivity index (χ0v) is 20.1. The van der Waals surface area contributed by atoms with E-state index in [1.54, 1.807) is 24.5 Å². The summed E-state index contributed by atoms with van der Waals surface area (Å²) in [6, 6.07) is 9.77. The Kier molecular flexibility index (Phi) is 6.65. The largest absolute Gasteiger partial charge is 0.297 e. The van der Waals surface area contributed by atoms with Gasteiger partial charge in [-0.1, -0.05) is 31.0 Å². The van der Waals surface area contributed by atoms with Crippen molar-refractivity contribution in [2.24, 2.45) is 11.8 Å². The molecule has 3 heterocycles. The number of hydrogen-bond acceptors (Lipinski definition) is 6. The number of ketones is 2. The van der Waals surface area contributed by atoms with Gasteiger partial charge in [-0.2, -0.15) is 0 Å². The van der Waals surface area contributed by atoms with Crippen LogP contribution in [0.4, 0.5) is 0 Å². The summed E-state index contributed by atoms with van der Waals surface area (Å²) in [4.78, 5) is 37.4. The topological polar surface area (TPSA) is 63.2 Å². The lowest BCUT2D eigenvalue weighted by atomic mass is 9.78. The Morgan fingerprint density at radius 1 is 1.09 bits per heavy atom. The first-order chi connectivity index (χ1) is 16.1. The first-order valence-corrected chi connectivity index (χ1v) is 13.0. The zero-order valence-electron chi connectivity index (χ0n) is 19.3. The highest BCUT2D eigenvalue weighted by Crippen LogP contribution is 2.34. The number of benzene rings is 1. The number of pyridine rings is 1. The molecule has 33 heavy (non-hydrogen) atoms. The molecule has 0 unspecified atom stereocenters. The normalized spacial score (nSPS) is 21.1. The maximum absolute atomic E-state index is 13.0. The van der Waals surface area contributed by atoms with Crippen LogP contribution in [-0.2, 0) is 13.0 Å². The van der Waals surface area contributed by atoms with Gasteiger partial charge in [-0.3, -0.25) is 19.5 Å². The monoisotopic (exact) mass is 461 g/mol. The molecule has 6 heteroatoms. The van der Waals surface area contributed by atoms with Crippen LogP contribution in [0.1, 0.15) is 76.2 Å². The Morgan fingerprint density at radius 2 is 1.91 bits per heavy atom. The molecule has 1 aliphatic heterocycles. The number of hydrogen-bond donors (Lipinski definition) is 0. The van der Waals surface area contributed by atoms with E-state index in [1.807, 2.05) is 30.3 Å². The number of aromatic nitrogens is 2. The summed E-state index contributed by atoms with van der Waals surface area (Å²) < 4.78 is 0. The van der Waals surface area contributed by atoms with Gasteiger partial charge in [-0.05, 0) is 56.2 Å². The zero-order chi connectivity index (χ0) is 22.8. The molecule has 1 aromatic carbocycles. The van der Waals surface area contributed by atoms with E-state index in [0.29, 0.717) is 17.3 Å². The van der Waals surface area contributed by atoms with Crippen molar-refractivity contribution in [3.63, 3.8) is 0 Å². The second kappa shape index (κ2) is 9.82. The van der Waals surface area contributed by atoms with Gasteiger partial charge in [-0.15, -0.1) is 11.3 Å². The Bertz CT molecular complexity index is 1160. The molecule has 0 atom stereocenters. The molecule has 0 radical (unpaired) electrons. The van der Waals surface area contributed by atoms with E-state index in [0.717, 1.165) is 67.0 Å². The van der Waals surface area contributed by atoms with Crippen molar-refractivity contribution in [2.75, 3.05) is 13.1 Å². The molecule has 1 aliphatic carbocycles. The first kappa shape index (κ1) is 22.4. The van der Waals surface area contributed by atoms with Gasteiger partial charge in [0.2, 0.25) is 0 Å². The predicted octanol–water partition coefficient (Wildman–Crippen LogP) is 5.72. The summed E-state index contributed by atoms with van der Waals surface area (Å²) in [5.41, 5.74) is 2.83. The third-order valence-corrected chi connectivity index (χ3v) is 8.61. The molecular formula is C27H31N3O2S. The molecule has 1 saturated carbocycles. The molecule has 0 amide bonds. The number of nitrogens with zero attached hydrogens (tertiary/aromatic N) is 3. The van der Waals surface area contributed by atoms with Crippen LogP contribution in [-0.4, -0.2) is 39.5 Å². The molecule has 5 rings (SSSR count). The quantitative estimate of drug-likeness (QED) is 0.421. The second-order valence-corrected chi connectivity index (χ2v) is 10.7. The molecule has 0 N–H and O–H groups in total. The van der Waals surface area contributed by atoms with E-state index in [2.05, 4.69) is 14.9 Å². The summed E-state index contributed by atoms with van der Waals surface area (Å²) in [5, 5.41) is 1.63. The molecule has 2 aliphatic rings. The summed E-state index contributed by atoms with van der Waals surface area (Å²) >= 11 is 1.58. The molecule has 172 valence electrons. The van der Waals surface area contributed by atoms with Gasteiger partial charge in [0.15, 0.2) is 16.6 Å². The third kappa shape index (κ3) is 5.07. The van der Waals surface area contributed by atoms with Crippen molar-refractivity contribution < 1.29 is 9.59 Å². The van der Waals surface area contributed by atoms with Gasteiger partial charge in [0, 0.05) is 48.5 Å². The van der Waals surface area contributed by atoms with E-state index >= 15 is 0 Å². The van der Waals surface area contributed by atoms with E-state index < -0.39 is 0 Å². The second-order valence-electron chi connectivity index (χ2n) is 9.65. The SMILES string of the molecule is CC(=O)c1nc2c(s1)CCN(CCC1CCC(CC(=O)c3cccc4ncccc34)CC1)C2. The smallest absolute Gasteiger partial charge is 0.188 e. The van der Waals surface area contributed by atoms with Crippen LogP contribution in [0.2, 0.25) is 0 Å².